The van der Waals surface area contributed by atoms with Crippen molar-refractivity contribution in [2.24, 2.45) is 5.41 Å². The lowest BCUT2D eigenvalue weighted by atomic mass is 9.90. The quantitative estimate of drug-likeness (QED) is 0.814. The van der Waals surface area contributed by atoms with Crippen molar-refractivity contribution >= 4 is 0 Å². The molecule has 0 aliphatic rings. The zero-order valence-corrected chi connectivity index (χ0v) is 12.2. The van der Waals surface area contributed by atoms with E-state index in [9.17, 15) is 0 Å². The van der Waals surface area contributed by atoms with Crippen molar-refractivity contribution in [3.05, 3.63) is 48.3 Å². The number of hydrogen-bond acceptors (Lipinski definition) is 3. The Morgan fingerprint density at radius 1 is 1.25 bits per heavy atom. The van der Waals surface area contributed by atoms with Crippen molar-refractivity contribution in [1.29, 1.82) is 0 Å². The number of para-hydroxylation sites is 1. The molecular formula is C16H23N3O. The zero-order valence-electron chi connectivity index (χ0n) is 12.2. The third-order valence-corrected chi connectivity index (χ3v) is 3.38. The third-order valence-electron chi connectivity index (χ3n) is 3.38. The minimum atomic E-state index is 0.115. The minimum absolute atomic E-state index is 0.115. The highest BCUT2D eigenvalue weighted by Gasteiger charge is 2.16. The van der Waals surface area contributed by atoms with E-state index in [0.717, 1.165) is 30.8 Å². The Kier molecular flexibility index (Phi) is 4.93. The van der Waals surface area contributed by atoms with Crippen molar-refractivity contribution < 1.29 is 5.11 Å². The fraction of sp³-hybridized carbons (Fsp3) is 0.438. The molecule has 2 rings (SSSR count). The first-order valence-corrected chi connectivity index (χ1v) is 7.01. The second kappa shape index (κ2) is 6.68. The summed E-state index contributed by atoms with van der Waals surface area (Å²) in [4.78, 5) is 0. The lowest BCUT2D eigenvalue weighted by Crippen LogP contribution is -2.29. The van der Waals surface area contributed by atoms with E-state index in [4.69, 9.17) is 5.11 Å². The van der Waals surface area contributed by atoms with E-state index in [-0.39, 0.29) is 12.0 Å². The van der Waals surface area contributed by atoms with Crippen LogP contribution in [0.5, 0.6) is 0 Å². The molecule has 4 heteroatoms. The summed E-state index contributed by atoms with van der Waals surface area (Å²) in [5, 5.41) is 16.8. The van der Waals surface area contributed by atoms with E-state index >= 15 is 0 Å². The number of nitrogens with one attached hydrogen (secondary N) is 1. The molecule has 0 aliphatic carbocycles. The van der Waals surface area contributed by atoms with Crippen LogP contribution >= 0.6 is 0 Å². The molecule has 0 saturated carbocycles. The van der Waals surface area contributed by atoms with Crippen LogP contribution in [0.15, 0.2) is 42.7 Å². The van der Waals surface area contributed by atoms with Crippen LogP contribution in [-0.4, -0.2) is 28.0 Å². The Morgan fingerprint density at radius 2 is 2.00 bits per heavy atom. The smallest absolute Gasteiger partial charge is 0.0645 e. The summed E-state index contributed by atoms with van der Waals surface area (Å²) in [5.41, 5.74) is 2.34. The van der Waals surface area contributed by atoms with Gasteiger partial charge in [-0.3, -0.25) is 0 Å². The second-order valence-corrected chi connectivity index (χ2v) is 5.87. The van der Waals surface area contributed by atoms with Gasteiger partial charge in [-0.25, -0.2) is 4.68 Å². The van der Waals surface area contributed by atoms with Crippen LogP contribution < -0.4 is 5.32 Å². The van der Waals surface area contributed by atoms with Gasteiger partial charge in [0.25, 0.3) is 0 Å². The Bertz CT molecular complexity index is 520. The van der Waals surface area contributed by atoms with Gasteiger partial charge in [-0.1, -0.05) is 32.0 Å². The molecule has 2 aromatic rings. The highest BCUT2D eigenvalue weighted by Crippen LogP contribution is 2.18. The van der Waals surface area contributed by atoms with Crippen molar-refractivity contribution in [2.75, 3.05) is 13.2 Å². The first-order chi connectivity index (χ1) is 9.61. The van der Waals surface area contributed by atoms with Gasteiger partial charge in [0.2, 0.25) is 0 Å². The molecule has 108 valence electrons. The van der Waals surface area contributed by atoms with Crippen LogP contribution in [0.4, 0.5) is 0 Å². The summed E-state index contributed by atoms with van der Waals surface area (Å²) in [6, 6.07) is 10.1. The van der Waals surface area contributed by atoms with Gasteiger partial charge in [-0.2, -0.15) is 5.10 Å². The van der Waals surface area contributed by atoms with Gasteiger partial charge in [-0.15, -0.1) is 0 Å². The monoisotopic (exact) mass is 273 g/mol. The van der Waals surface area contributed by atoms with Crippen molar-refractivity contribution in [3.8, 4) is 5.69 Å². The number of aromatic nitrogens is 2. The molecule has 0 radical (unpaired) electrons. The summed E-state index contributed by atoms with van der Waals surface area (Å²) in [6.45, 7) is 6.22. The Hall–Kier alpha value is -1.65. The summed E-state index contributed by atoms with van der Waals surface area (Å²) >= 11 is 0. The van der Waals surface area contributed by atoms with E-state index < -0.39 is 0 Å². The molecule has 20 heavy (non-hydrogen) atoms. The molecule has 0 aliphatic heterocycles. The van der Waals surface area contributed by atoms with Crippen LogP contribution in [0, 0.1) is 5.41 Å². The highest BCUT2D eigenvalue weighted by molar-refractivity contribution is 5.30. The highest BCUT2D eigenvalue weighted by atomic mass is 16.3. The van der Waals surface area contributed by atoms with E-state index in [2.05, 4.69) is 24.3 Å². The fourth-order valence-electron chi connectivity index (χ4n) is 2.11. The van der Waals surface area contributed by atoms with Gasteiger partial charge < -0.3 is 10.4 Å². The maximum atomic E-state index is 9.01. The standard InChI is InChI=1S/C16H23N3O/c1-16(2,8-9-20)13-17-10-14-11-18-19(12-14)15-6-4-3-5-7-15/h3-7,11-12,17,20H,8-10,13H2,1-2H3. The van der Waals surface area contributed by atoms with E-state index in [0.29, 0.717) is 0 Å². The Balaban J connectivity index is 1.88. The molecular weight excluding hydrogens is 250 g/mol. The van der Waals surface area contributed by atoms with Crippen LogP contribution in [0.1, 0.15) is 25.8 Å². The van der Waals surface area contributed by atoms with Crippen molar-refractivity contribution in [2.45, 2.75) is 26.8 Å². The number of rotatable bonds is 7. The minimum Gasteiger partial charge on any atom is -0.396 e. The molecule has 0 unspecified atom stereocenters. The topological polar surface area (TPSA) is 50.1 Å². The van der Waals surface area contributed by atoms with Gasteiger partial charge in [0, 0.05) is 31.5 Å². The molecule has 1 aromatic heterocycles. The summed E-state index contributed by atoms with van der Waals surface area (Å²) in [7, 11) is 0. The molecule has 0 amide bonds. The summed E-state index contributed by atoms with van der Waals surface area (Å²) < 4.78 is 1.88. The third kappa shape index (κ3) is 4.18. The average molecular weight is 273 g/mol. The normalized spacial score (nSPS) is 11.8. The summed E-state index contributed by atoms with van der Waals surface area (Å²) in [5.74, 6) is 0. The molecule has 0 fully saturated rings. The molecule has 1 aromatic carbocycles. The number of benzene rings is 1. The maximum Gasteiger partial charge on any atom is 0.0645 e. The second-order valence-electron chi connectivity index (χ2n) is 5.87. The molecule has 0 saturated heterocycles. The molecule has 2 N–H and O–H groups in total. The van der Waals surface area contributed by atoms with Crippen LogP contribution in [0.25, 0.3) is 5.69 Å². The van der Waals surface area contributed by atoms with Gasteiger partial charge in [0.1, 0.15) is 0 Å². The predicted octanol–water partition coefficient (Wildman–Crippen LogP) is 2.37. The van der Waals surface area contributed by atoms with E-state index in [1.54, 1.807) is 0 Å². The molecule has 0 spiro atoms. The number of hydrogen-bond donors (Lipinski definition) is 2. The van der Waals surface area contributed by atoms with Crippen molar-refractivity contribution in [1.82, 2.24) is 15.1 Å². The first kappa shape index (κ1) is 14.8. The van der Waals surface area contributed by atoms with Gasteiger partial charge in [0.05, 0.1) is 11.9 Å². The Labute approximate surface area is 120 Å². The fourth-order valence-corrected chi connectivity index (χ4v) is 2.11. The summed E-state index contributed by atoms with van der Waals surface area (Å²) in [6.07, 6.45) is 4.74. The van der Waals surface area contributed by atoms with Gasteiger partial charge in [0.15, 0.2) is 0 Å². The number of nitrogens with zero attached hydrogens (tertiary/aromatic N) is 2. The number of aliphatic hydroxyl groups excluding tert-OH is 1. The van der Waals surface area contributed by atoms with Crippen LogP contribution in [-0.2, 0) is 6.54 Å². The van der Waals surface area contributed by atoms with E-state index in [1.165, 1.54) is 0 Å². The largest absolute Gasteiger partial charge is 0.396 e. The van der Waals surface area contributed by atoms with E-state index in [1.807, 2.05) is 47.4 Å². The molecule has 0 atom stereocenters. The van der Waals surface area contributed by atoms with Crippen LogP contribution in [0.2, 0.25) is 0 Å². The number of aliphatic hydroxyl groups is 1. The SMILES string of the molecule is CC(C)(CCO)CNCc1cnn(-c2ccccc2)c1. The lowest BCUT2D eigenvalue weighted by molar-refractivity contribution is 0.207. The predicted molar refractivity (Wildman–Crippen MR) is 80.8 cm³/mol. The zero-order chi connectivity index (χ0) is 14.4. The van der Waals surface area contributed by atoms with Gasteiger partial charge >= 0.3 is 0 Å². The Morgan fingerprint density at radius 3 is 2.70 bits per heavy atom. The average Bonchev–Trinajstić information content (AvgIpc) is 2.88. The lowest BCUT2D eigenvalue weighted by Gasteiger charge is -2.23. The molecule has 0 bridgehead atoms. The molecule has 1 heterocycles. The first-order valence-electron chi connectivity index (χ1n) is 7.01. The molecule has 4 nitrogen and oxygen atoms in total. The van der Waals surface area contributed by atoms with Gasteiger partial charge in [-0.05, 0) is 24.0 Å². The van der Waals surface area contributed by atoms with Crippen molar-refractivity contribution in [3.63, 3.8) is 0 Å². The maximum absolute atomic E-state index is 9.01. The van der Waals surface area contributed by atoms with Crippen LogP contribution in [0.3, 0.4) is 0 Å².